The van der Waals surface area contributed by atoms with Gasteiger partial charge in [-0.2, -0.15) is 0 Å². The summed E-state index contributed by atoms with van der Waals surface area (Å²) in [6.07, 6.45) is 11.0. The van der Waals surface area contributed by atoms with Crippen LogP contribution in [0.1, 0.15) is 57.8 Å². The van der Waals surface area contributed by atoms with Gasteiger partial charge < -0.3 is 14.7 Å². The van der Waals surface area contributed by atoms with Gasteiger partial charge in [-0.1, -0.05) is 19.3 Å². The van der Waals surface area contributed by atoms with Gasteiger partial charge in [0.1, 0.15) is 0 Å². The summed E-state index contributed by atoms with van der Waals surface area (Å²) in [6, 6.07) is 0.194. The monoisotopic (exact) mass is 390 g/mol. The Labute approximate surface area is 170 Å². The third kappa shape index (κ3) is 4.81. The zero-order chi connectivity index (χ0) is 19.3. The van der Waals surface area contributed by atoms with Crippen molar-refractivity contribution >= 4 is 11.9 Å². The number of hydrogen-bond acceptors (Lipinski definition) is 3. The summed E-state index contributed by atoms with van der Waals surface area (Å²) in [6.45, 7) is 8.38. The number of nitrogens with zero attached hydrogens (tertiary/aromatic N) is 4. The average molecular weight is 391 g/mol. The van der Waals surface area contributed by atoms with Gasteiger partial charge in [-0.05, 0) is 44.4 Å². The van der Waals surface area contributed by atoms with Crippen LogP contribution in [0.3, 0.4) is 0 Å². The van der Waals surface area contributed by atoms with Crippen molar-refractivity contribution in [2.75, 3.05) is 58.9 Å². The lowest BCUT2D eigenvalue weighted by Crippen LogP contribution is -2.53. The molecule has 0 radical (unpaired) electrons. The zero-order valence-electron chi connectivity index (χ0n) is 17.5. The molecule has 28 heavy (non-hydrogen) atoms. The summed E-state index contributed by atoms with van der Waals surface area (Å²) < 4.78 is 0. The molecule has 6 heteroatoms. The van der Waals surface area contributed by atoms with Crippen LogP contribution in [0.4, 0.5) is 4.79 Å². The molecule has 3 aliphatic heterocycles. The summed E-state index contributed by atoms with van der Waals surface area (Å²) in [7, 11) is 0. The Kier molecular flexibility index (Phi) is 6.76. The molecule has 1 aliphatic carbocycles. The Morgan fingerprint density at radius 1 is 0.607 bits per heavy atom. The highest BCUT2D eigenvalue weighted by Gasteiger charge is 2.33. The first-order valence-electron chi connectivity index (χ1n) is 11.8. The number of piperazine rings is 1. The highest BCUT2D eigenvalue weighted by atomic mass is 16.2. The van der Waals surface area contributed by atoms with Crippen LogP contribution in [-0.4, -0.2) is 90.4 Å². The Balaban J connectivity index is 1.18. The summed E-state index contributed by atoms with van der Waals surface area (Å²) in [5, 5.41) is 0. The summed E-state index contributed by atoms with van der Waals surface area (Å²) in [5.74, 6) is 1.34. The van der Waals surface area contributed by atoms with E-state index in [-0.39, 0.29) is 11.9 Å². The third-order valence-electron chi connectivity index (χ3n) is 7.42. The van der Waals surface area contributed by atoms with E-state index in [9.17, 15) is 9.59 Å². The van der Waals surface area contributed by atoms with Crippen LogP contribution in [-0.2, 0) is 4.79 Å². The molecule has 0 spiro atoms. The molecule has 4 aliphatic rings. The fourth-order valence-corrected chi connectivity index (χ4v) is 5.57. The number of likely N-dealkylation sites (tertiary alicyclic amines) is 2. The zero-order valence-corrected chi connectivity index (χ0v) is 17.5. The Morgan fingerprint density at radius 3 is 1.86 bits per heavy atom. The van der Waals surface area contributed by atoms with Crippen molar-refractivity contribution in [1.82, 2.24) is 19.6 Å². The largest absolute Gasteiger partial charge is 0.340 e. The highest BCUT2D eigenvalue weighted by Crippen LogP contribution is 2.26. The van der Waals surface area contributed by atoms with Gasteiger partial charge in [0.25, 0.3) is 0 Å². The second kappa shape index (κ2) is 9.47. The molecule has 4 fully saturated rings. The van der Waals surface area contributed by atoms with Crippen molar-refractivity contribution in [3.05, 3.63) is 0 Å². The maximum atomic E-state index is 13.0. The molecule has 3 heterocycles. The van der Waals surface area contributed by atoms with E-state index < -0.39 is 0 Å². The molecule has 1 saturated carbocycles. The number of amides is 3. The van der Waals surface area contributed by atoms with Gasteiger partial charge in [-0.3, -0.25) is 9.69 Å². The fourth-order valence-electron chi connectivity index (χ4n) is 5.57. The lowest BCUT2D eigenvalue weighted by atomic mass is 9.89. The van der Waals surface area contributed by atoms with Gasteiger partial charge >= 0.3 is 6.03 Å². The van der Waals surface area contributed by atoms with Gasteiger partial charge in [-0.25, -0.2) is 4.79 Å². The molecule has 0 atom stereocenters. The van der Waals surface area contributed by atoms with E-state index in [4.69, 9.17) is 0 Å². The molecular weight excluding hydrogens is 352 g/mol. The lowest BCUT2D eigenvalue weighted by molar-refractivity contribution is -0.138. The molecule has 0 unspecified atom stereocenters. The Morgan fingerprint density at radius 2 is 1.21 bits per heavy atom. The maximum absolute atomic E-state index is 13.0. The standard InChI is InChI=1S/C22H38N4O2/c27-21(20-8-12-26(13-9-20)22(28)25-10-4-5-11-25)24-16-14-23(15-17-24)18-19-6-2-1-3-7-19/h19-20H,1-18H2. The molecule has 0 aromatic carbocycles. The van der Waals surface area contributed by atoms with E-state index in [1.807, 2.05) is 9.80 Å². The molecule has 3 saturated heterocycles. The second-order valence-electron chi connectivity index (χ2n) is 9.37. The van der Waals surface area contributed by atoms with E-state index in [1.54, 1.807) is 0 Å². The molecule has 158 valence electrons. The Hall–Kier alpha value is -1.30. The van der Waals surface area contributed by atoms with Crippen molar-refractivity contribution < 1.29 is 9.59 Å². The van der Waals surface area contributed by atoms with Crippen LogP contribution >= 0.6 is 0 Å². The van der Waals surface area contributed by atoms with E-state index in [0.717, 1.165) is 84.0 Å². The van der Waals surface area contributed by atoms with Crippen LogP contribution in [0.5, 0.6) is 0 Å². The van der Waals surface area contributed by atoms with Gasteiger partial charge in [-0.15, -0.1) is 0 Å². The number of urea groups is 1. The number of hydrogen-bond donors (Lipinski definition) is 0. The smallest absolute Gasteiger partial charge is 0.319 e. The van der Waals surface area contributed by atoms with Crippen LogP contribution in [0.15, 0.2) is 0 Å². The van der Waals surface area contributed by atoms with Gasteiger partial charge in [0.05, 0.1) is 0 Å². The van der Waals surface area contributed by atoms with E-state index >= 15 is 0 Å². The van der Waals surface area contributed by atoms with E-state index in [0.29, 0.717) is 5.91 Å². The molecule has 0 aromatic heterocycles. The number of rotatable bonds is 3. The van der Waals surface area contributed by atoms with E-state index in [1.165, 1.54) is 38.6 Å². The molecule has 3 amide bonds. The highest BCUT2D eigenvalue weighted by molar-refractivity contribution is 5.80. The molecule has 0 aromatic rings. The second-order valence-corrected chi connectivity index (χ2v) is 9.37. The number of piperidine rings is 1. The lowest BCUT2D eigenvalue weighted by Gasteiger charge is -2.40. The van der Waals surface area contributed by atoms with Crippen LogP contribution in [0.25, 0.3) is 0 Å². The first kappa shape index (κ1) is 20.0. The summed E-state index contributed by atoms with van der Waals surface area (Å²) in [4.78, 5) is 34.1. The molecule has 4 rings (SSSR count). The normalized spacial score (nSPS) is 26.1. The predicted octanol–water partition coefficient (Wildman–Crippen LogP) is 2.64. The van der Waals surface area contributed by atoms with Crippen molar-refractivity contribution in [2.45, 2.75) is 57.8 Å². The van der Waals surface area contributed by atoms with E-state index in [2.05, 4.69) is 9.80 Å². The topological polar surface area (TPSA) is 47.1 Å². The van der Waals surface area contributed by atoms with Crippen LogP contribution < -0.4 is 0 Å². The number of carbonyl (C=O) groups is 2. The van der Waals surface area contributed by atoms with Crippen molar-refractivity contribution in [3.63, 3.8) is 0 Å². The molecular formula is C22H38N4O2. The quantitative estimate of drug-likeness (QED) is 0.744. The summed E-state index contributed by atoms with van der Waals surface area (Å²) in [5.41, 5.74) is 0. The molecule has 0 N–H and O–H groups in total. The minimum absolute atomic E-state index is 0.118. The van der Waals surface area contributed by atoms with Gasteiger partial charge in [0.2, 0.25) is 5.91 Å². The first-order chi connectivity index (χ1) is 13.7. The minimum Gasteiger partial charge on any atom is -0.340 e. The Bertz CT molecular complexity index is 527. The average Bonchev–Trinajstić information content (AvgIpc) is 3.29. The first-order valence-corrected chi connectivity index (χ1v) is 11.8. The minimum atomic E-state index is 0.118. The van der Waals surface area contributed by atoms with Gasteiger partial charge in [0, 0.05) is 64.8 Å². The number of carbonyl (C=O) groups excluding carboxylic acids is 2. The van der Waals surface area contributed by atoms with Crippen LogP contribution in [0.2, 0.25) is 0 Å². The van der Waals surface area contributed by atoms with Crippen LogP contribution in [0, 0.1) is 11.8 Å². The third-order valence-corrected chi connectivity index (χ3v) is 7.42. The predicted molar refractivity (Wildman–Crippen MR) is 110 cm³/mol. The molecule has 0 bridgehead atoms. The maximum Gasteiger partial charge on any atom is 0.319 e. The summed E-state index contributed by atoms with van der Waals surface area (Å²) >= 11 is 0. The van der Waals surface area contributed by atoms with Gasteiger partial charge in [0.15, 0.2) is 0 Å². The van der Waals surface area contributed by atoms with Crippen molar-refractivity contribution in [1.29, 1.82) is 0 Å². The fraction of sp³-hybridized carbons (Fsp3) is 0.909. The SMILES string of the molecule is O=C(C1CCN(C(=O)N2CCCC2)CC1)N1CCN(CC2CCCCC2)CC1. The van der Waals surface area contributed by atoms with Crippen molar-refractivity contribution in [3.8, 4) is 0 Å². The molecule has 6 nitrogen and oxygen atoms in total. The van der Waals surface area contributed by atoms with Crippen molar-refractivity contribution in [2.24, 2.45) is 11.8 Å².